The van der Waals surface area contributed by atoms with Crippen LogP contribution in [0.4, 0.5) is 0 Å². The van der Waals surface area contributed by atoms with Gasteiger partial charge in [0.15, 0.2) is 6.10 Å². The normalized spacial score (nSPS) is 12.0. The van der Waals surface area contributed by atoms with Crippen LogP contribution in [0, 0.1) is 13.8 Å². The molecule has 3 aromatic rings. The van der Waals surface area contributed by atoms with Gasteiger partial charge >= 0.3 is 11.6 Å². The molecule has 2 aromatic carbocycles. The third-order valence-electron chi connectivity index (χ3n) is 4.35. The van der Waals surface area contributed by atoms with Gasteiger partial charge in [0.1, 0.15) is 17.9 Å². The van der Waals surface area contributed by atoms with Gasteiger partial charge in [-0.05, 0) is 56.2 Å². The predicted octanol–water partition coefficient (Wildman–Crippen LogP) is 4.57. The van der Waals surface area contributed by atoms with Gasteiger partial charge in [0.2, 0.25) is 0 Å². The Morgan fingerprint density at radius 2 is 1.85 bits per heavy atom. The molecule has 0 fully saturated rings. The number of carbonyl (C=O) groups is 1. The fraction of sp³-hybridized carbons (Fsp3) is 0.238. The van der Waals surface area contributed by atoms with E-state index < -0.39 is 17.7 Å². The minimum Gasteiger partial charge on any atom is -0.479 e. The lowest BCUT2D eigenvalue weighted by Gasteiger charge is -2.15. The number of benzene rings is 2. The van der Waals surface area contributed by atoms with Crippen LogP contribution < -0.4 is 10.4 Å². The highest BCUT2D eigenvalue weighted by Crippen LogP contribution is 2.24. The quantitative estimate of drug-likeness (QED) is 0.474. The van der Waals surface area contributed by atoms with E-state index in [0.29, 0.717) is 21.9 Å². The average Bonchev–Trinajstić information content (AvgIpc) is 2.64. The highest BCUT2D eigenvalue weighted by atomic mass is 35.5. The summed E-state index contributed by atoms with van der Waals surface area (Å²) in [6.07, 6.45) is -0.804. The van der Waals surface area contributed by atoms with Crippen LogP contribution in [-0.4, -0.2) is 12.1 Å². The Bertz CT molecular complexity index is 1040. The van der Waals surface area contributed by atoms with E-state index >= 15 is 0 Å². The summed E-state index contributed by atoms with van der Waals surface area (Å²) in [6.45, 7) is 5.38. The number of hydrogen-bond acceptors (Lipinski definition) is 5. The molecule has 0 N–H and O–H groups in total. The van der Waals surface area contributed by atoms with Crippen molar-refractivity contribution in [3.8, 4) is 5.75 Å². The third kappa shape index (κ3) is 4.31. The number of halogens is 1. The molecule has 27 heavy (non-hydrogen) atoms. The second-order valence-corrected chi connectivity index (χ2v) is 6.73. The summed E-state index contributed by atoms with van der Waals surface area (Å²) in [7, 11) is 0. The van der Waals surface area contributed by atoms with Gasteiger partial charge in [0.05, 0.1) is 0 Å². The maximum atomic E-state index is 12.3. The van der Waals surface area contributed by atoms with Crippen molar-refractivity contribution in [1.82, 2.24) is 0 Å². The zero-order chi connectivity index (χ0) is 19.6. The van der Waals surface area contributed by atoms with E-state index in [4.69, 9.17) is 25.5 Å². The number of ether oxygens (including phenoxy) is 2. The van der Waals surface area contributed by atoms with Gasteiger partial charge < -0.3 is 13.9 Å². The topological polar surface area (TPSA) is 65.7 Å². The minimum absolute atomic E-state index is 0.0439. The van der Waals surface area contributed by atoms with Crippen LogP contribution in [-0.2, 0) is 16.1 Å². The molecule has 0 amide bonds. The SMILES string of the molecule is Cc1ccc2c(COC(=O)[C@@H](C)Oc3ccc(Cl)cc3)cc(=O)oc2c1C. The van der Waals surface area contributed by atoms with Crippen LogP contribution in [0.5, 0.6) is 5.75 Å². The van der Waals surface area contributed by atoms with E-state index in [2.05, 4.69) is 0 Å². The van der Waals surface area contributed by atoms with Crippen LogP contribution in [0.2, 0.25) is 5.02 Å². The van der Waals surface area contributed by atoms with E-state index in [1.54, 1.807) is 31.2 Å². The Hall–Kier alpha value is -2.79. The minimum atomic E-state index is -0.804. The van der Waals surface area contributed by atoms with Crippen molar-refractivity contribution >= 4 is 28.5 Å². The van der Waals surface area contributed by atoms with E-state index in [9.17, 15) is 9.59 Å². The Morgan fingerprint density at radius 1 is 1.15 bits per heavy atom. The van der Waals surface area contributed by atoms with Crippen LogP contribution in [0.25, 0.3) is 11.0 Å². The van der Waals surface area contributed by atoms with Crippen molar-refractivity contribution in [1.29, 1.82) is 0 Å². The first-order valence-electron chi connectivity index (χ1n) is 8.47. The molecule has 6 heteroatoms. The Morgan fingerprint density at radius 3 is 2.56 bits per heavy atom. The van der Waals surface area contributed by atoms with Crippen molar-refractivity contribution in [3.63, 3.8) is 0 Å². The molecule has 0 radical (unpaired) electrons. The third-order valence-corrected chi connectivity index (χ3v) is 4.60. The second-order valence-electron chi connectivity index (χ2n) is 6.30. The van der Waals surface area contributed by atoms with Crippen molar-refractivity contribution in [2.24, 2.45) is 0 Å². The summed E-state index contributed by atoms with van der Waals surface area (Å²) >= 11 is 5.83. The number of rotatable bonds is 5. The molecule has 140 valence electrons. The number of hydrogen-bond donors (Lipinski definition) is 0. The molecule has 0 unspecified atom stereocenters. The molecule has 0 aliphatic heterocycles. The van der Waals surface area contributed by atoms with Gasteiger partial charge in [-0.2, -0.15) is 0 Å². The van der Waals surface area contributed by atoms with Crippen molar-refractivity contribution in [3.05, 3.63) is 74.6 Å². The van der Waals surface area contributed by atoms with Crippen LogP contribution in [0.15, 0.2) is 51.7 Å². The van der Waals surface area contributed by atoms with Crippen LogP contribution in [0.3, 0.4) is 0 Å². The van der Waals surface area contributed by atoms with Crippen molar-refractivity contribution in [2.45, 2.75) is 33.5 Å². The lowest BCUT2D eigenvalue weighted by atomic mass is 10.0. The lowest BCUT2D eigenvalue weighted by molar-refractivity contribution is -0.152. The standard InChI is InChI=1S/C21H19ClO5/c1-12-4-9-18-15(10-19(23)27-20(18)13(12)2)11-25-21(24)14(3)26-17-7-5-16(22)6-8-17/h4-10,14H,11H2,1-3H3/t14-/m1/s1. The van der Waals surface area contributed by atoms with Gasteiger partial charge in [-0.25, -0.2) is 9.59 Å². The molecule has 0 spiro atoms. The van der Waals surface area contributed by atoms with Gasteiger partial charge in [-0.1, -0.05) is 23.7 Å². The number of carbonyl (C=O) groups excluding carboxylic acids is 1. The molecule has 0 saturated heterocycles. The maximum Gasteiger partial charge on any atom is 0.347 e. The lowest BCUT2D eigenvalue weighted by Crippen LogP contribution is -2.26. The van der Waals surface area contributed by atoms with Gasteiger partial charge in [0.25, 0.3) is 0 Å². The highest BCUT2D eigenvalue weighted by Gasteiger charge is 2.18. The van der Waals surface area contributed by atoms with Crippen molar-refractivity contribution < 1.29 is 18.7 Å². The highest BCUT2D eigenvalue weighted by molar-refractivity contribution is 6.30. The predicted molar refractivity (Wildman–Crippen MR) is 103 cm³/mol. The van der Waals surface area contributed by atoms with Gasteiger partial charge in [0, 0.05) is 22.0 Å². The van der Waals surface area contributed by atoms with Crippen LogP contribution >= 0.6 is 11.6 Å². The summed E-state index contributed by atoms with van der Waals surface area (Å²) in [6, 6.07) is 11.8. The molecule has 1 heterocycles. The van der Waals surface area contributed by atoms with Crippen molar-refractivity contribution in [2.75, 3.05) is 0 Å². The fourth-order valence-corrected chi connectivity index (χ4v) is 2.80. The molecule has 0 saturated carbocycles. The summed E-state index contributed by atoms with van der Waals surface area (Å²) in [4.78, 5) is 24.1. The fourth-order valence-electron chi connectivity index (χ4n) is 2.68. The molecule has 0 aliphatic rings. The van der Waals surface area contributed by atoms with Gasteiger partial charge in [-0.3, -0.25) is 0 Å². The smallest absolute Gasteiger partial charge is 0.347 e. The van der Waals surface area contributed by atoms with Crippen LogP contribution in [0.1, 0.15) is 23.6 Å². The summed E-state index contributed by atoms with van der Waals surface area (Å²) in [5, 5.41) is 1.33. The number of esters is 1. The van der Waals surface area contributed by atoms with E-state index in [-0.39, 0.29) is 6.61 Å². The molecule has 1 atom stereocenters. The maximum absolute atomic E-state index is 12.3. The second kappa shape index (κ2) is 7.84. The average molecular weight is 387 g/mol. The number of aryl methyl sites for hydroxylation is 2. The zero-order valence-corrected chi connectivity index (χ0v) is 16.0. The first-order chi connectivity index (χ1) is 12.8. The zero-order valence-electron chi connectivity index (χ0n) is 15.2. The molecule has 0 bridgehead atoms. The number of fused-ring (bicyclic) bond motifs is 1. The van der Waals surface area contributed by atoms with E-state index in [1.807, 2.05) is 26.0 Å². The monoisotopic (exact) mass is 386 g/mol. The Balaban J connectivity index is 1.74. The molecular weight excluding hydrogens is 368 g/mol. The van der Waals surface area contributed by atoms with E-state index in [1.165, 1.54) is 6.07 Å². The Labute approximate surface area is 161 Å². The van der Waals surface area contributed by atoms with Gasteiger partial charge in [-0.15, -0.1) is 0 Å². The van der Waals surface area contributed by atoms with E-state index in [0.717, 1.165) is 16.5 Å². The molecule has 3 rings (SSSR count). The summed E-state index contributed by atoms with van der Waals surface area (Å²) < 4.78 is 16.2. The Kier molecular flexibility index (Phi) is 5.51. The first kappa shape index (κ1) is 19.0. The molecule has 0 aliphatic carbocycles. The largest absolute Gasteiger partial charge is 0.479 e. The summed E-state index contributed by atoms with van der Waals surface area (Å²) in [5.41, 5.74) is 2.53. The molecule has 5 nitrogen and oxygen atoms in total. The summed E-state index contributed by atoms with van der Waals surface area (Å²) in [5.74, 6) is -0.0177. The molecule has 1 aromatic heterocycles. The first-order valence-corrected chi connectivity index (χ1v) is 8.85. The molecular formula is C21H19ClO5.